The van der Waals surface area contributed by atoms with E-state index in [2.05, 4.69) is 11.9 Å². The number of nitrogens with two attached hydrogens (primary N) is 1. The Kier molecular flexibility index (Phi) is 3.87. The minimum absolute atomic E-state index is 0.394. The molecule has 0 aliphatic heterocycles. The van der Waals surface area contributed by atoms with Gasteiger partial charge in [0.2, 0.25) is 0 Å². The minimum atomic E-state index is 0.394. The molecule has 4 heteroatoms. The summed E-state index contributed by atoms with van der Waals surface area (Å²) in [4.78, 5) is 4.40. The molecule has 2 rings (SSSR count). The molecule has 1 atom stereocenters. The molecule has 1 heterocycles. The van der Waals surface area contributed by atoms with Crippen molar-refractivity contribution < 1.29 is 0 Å². The number of aromatic nitrogens is 1. The van der Waals surface area contributed by atoms with Crippen molar-refractivity contribution in [1.29, 1.82) is 0 Å². The lowest BCUT2D eigenvalue weighted by Gasteiger charge is -2.11. The van der Waals surface area contributed by atoms with Crippen LogP contribution in [-0.4, -0.2) is 11.5 Å². The van der Waals surface area contributed by atoms with E-state index >= 15 is 0 Å². The standard InChI is InChI=1S/C13H14Cl2N2/c1-8(7-16)4-13-11-5-9(14)6-12(15)10(11)2-3-17-13/h2-3,5-6,8H,4,7,16H2,1H3. The lowest BCUT2D eigenvalue weighted by atomic mass is 10.0. The van der Waals surface area contributed by atoms with Crippen LogP contribution in [0.2, 0.25) is 10.0 Å². The molecule has 90 valence electrons. The predicted molar refractivity (Wildman–Crippen MR) is 73.7 cm³/mol. The first-order valence-electron chi connectivity index (χ1n) is 5.54. The SMILES string of the molecule is CC(CN)Cc1nccc2c(Cl)cc(Cl)cc12. The third kappa shape index (κ3) is 2.71. The second kappa shape index (κ2) is 5.21. The second-order valence-corrected chi connectivity index (χ2v) is 5.13. The number of hydrogen-bond acceptors (Lipinski definition) is 2. The summed E-state index contributed by atoms with van der Waals surface area (Å²) in [5, 5.41) is 3.31. The maximum absolute atomic E-state index is 6.17. The average Bonchev–Trinajstić information content (AvgIpc) is 2.30. The fourth-order valence-electron chi connectivity index (χ4n) is 1.84. The number of pyridine rings is 1. The van der Waals surface area contributed by atoms with Crippen LogP contribution in [0.4, 0.5) is 0 Å². The Balaban J connectivity index is 2.56. The number of benzene rings is 1. The molecular weight excluding hydrogens is 255 g/mol. The zero-order valence-corrected chi connectivity index (χ0v) is 11.1. The first-order chi connectivity index (χ1) is 8.11. The Morgan fingerprint density at radius 3 is 2.76 bits per heavy atom. The fraction of sp³-hybridized carbons (Fsp3) is 0.308. The molecule has 0 aliphatic carbocycles. The quantitative estimate of drug-likeness (QED) is 0.923. The van der Waals surface area contributed by atoms with Crippen LogP contribution >= 0.6 is 23.2 Å². The van der Waals surface area contributed by atoms with Crippen molar-refractivity contribution in [2.45, 2.75) is 13.3 Å². The van der Waals surface area contributed by atoms with Gasteiger partial charge in [-0.1, -0.05) is 30.1 Å². The average molecular weight is 269 g/mol. The molecule has 0 fully saturated rings. The Morgan fingerprint density at radius 2 is 2.06 bits per heavy atom. The summed E-state index contributed by atoms with van der Waals surface area (Å²) >= 11 is 12.2. The largest absolute Gasteiger partial charge is 0.330 e. The summed E-state index contributed by atoms with van der Waals surface area (Å²) in [6.07, 6.45) is 2.62. The lowest BCUT2D eigenvalue weighted by Crippen LogP contribution is -2.14. The Hall–Kier alpha value is -0.830. The van der Waals surface area contributed by atoms with Crippen molar-refractivity contribution >= 4 is 34.0 Å². The van der Waals surface area contributed by atoms with Crippen LogP contribution < -0.4 is 5.73 Å². The summed E-state index contributed by atoms with van der Waals surface area (Å²) in [5.41, 5.74) is 6.65. The molecule has 0 bridgehead atoms. The van der Waals surface area contributed by atoms with Gasteiger partial charge in [0, 0.05) is 32.7 Å². The molecule has 2 N–H and O–H groups in total. The van der Waals surface area contributed by atoms with Gasteiger partial charge in [0.05, 0.1) is 0 Å². The lowest BCUT2D eigenvalue weighted by molar-refractivity contribution is 0.587. The van der Waals surface area contributed by atoms with E-state index in [9.17, 15) is 0 Å². The highest BCUT2D eigenvalue weighted by molar-refractivity contribution is 6.38. The van der Waals surface area contributed by atoms with Gasteiger partial charge < -0.3 is 5.73 Å². The maximum atomic E-state index is 6.17. The van der Waals surface area contributed by atoms with Crippen molar-refractivity contribution in [3.63, 3.8) is 0 Å². The van der Waals surface area contributed by atoms with E-state index in [1.54, 1.807) is 12.3 Å². The zero-order chi connectivity index (χ0) is 12.4. The van der Waals surface area contributed by atoms with Crippen molar-refractivity contribution in [3.05, 3.63) is 40.1 Å². The third-order valence-electron chi connectivity index (χ3n) is 2.82. The smallest absolute Gasteiger partial charge is 0.0500 e. The molecule has 2 nitrogen and oxygen atoms in total. The predicted octanol–water partition coefficient (Wildman–Crippen LogP) is 3.68. The van der Waals surface area contributed by atoms with E-state index in [4.69, 9.17) is 28.9 Å². The van der Waals surface area contributed by atoms with E-state index < -0.39 is 0 Å². The van der Waals surface area contributed by atoms with Gasteiger partial charge >= 0.3 is 0 Å². The number of halogens is 2. The molecule has 0 spiro atoms. The summed E-state index contributed by atoms with van der Waals surface area (Å²) in [6, 6.07) is 5.57. The van der Waals surface area contributed by atoms with Gasteiger partial charge in [-0.05, 0) is 37.1 Å². The molecule has 1 unspecified atom stereocenters. The number of hydrogen-bond donors (Lipinski definition) is 1. The monoisotopic (exact) mass is 268 g/mol. The van der Waals surface area contributed by atoms with E-state index in [0.717, 1.165) is 22.9 Å². The van der Waals surface area contributed by atoms with Gasteiger partial charge in [0.15, 0.2) is 0 Å². The number of rotatable bonds is 3. The van der Waals surface area contributed by atoms with Crippen molar-refractivity contribution in [3.8, 4) is 0 Å². The second-order valence-electron chi connectivity index (χ2n) is 4.29. The number of fused-ring (bicyclic) bond motifs is 1. The first-order valence-corrected chi connectivity index (χ1v) is 6.30. The van der Waals surface area contributed by atoms with Gasteiger partial charge in [-0.25, -0.2) is 0 Å². The zero-order valence-electron chi connectivity index (χ0n) is 9.58. The van der Waals surface area contributed by atoms with Gasteiger partial charge in [0.25, 0.3) is 0 Å². The van der Waals surface area contributed by atoms with Crippen molar-refractivity contribution in [2.75, 3.05) is 6.54 Å². The molecule has 1 aromatic carbocycles. The topological polar surface area (TPSA) is 38.9 Å². The summed E-state index contributed by atoms with van der Waals surface area (Å²) in [7, 11) is 0. The van der Waals surface area contributed by atoms with Crippen LogP contribution in [0.3, 0.4) is 0 Å². The Labute approximate surface area is 111 Å². The molecule has 0 radical (unpaired) electrons. The normalized spacial score (nSPS) is 12.9. The van der Waals surface area contributed by atoms with Crippen LogP contribution in [0, 0.1) is 5.92 Å². The highest BCUT2D eigenvalue weighted by Crippen LogP contribution is 2.29. The molecule has 0 saturated heterocycles. The maximum Gasteiger partial charge on any atom is 0.0500 e. The van der Waals surface area contributed by atoms with Crippen LogP contribution in [-0.2, 0) is 6.42 Å². The fourth-order valence-corrected chi connectivity index (χ4v) is 2.40. The van der Waals surface area contributed by atoms with Crippen LogP contribution in [0.5, 0.6) is 0 Å². The van der Waals surface area contributed by atoms with Gasteiger partial charge in [-0.2, -0.15) is 0 Å². The minimum Gasteiger partial charge on any atom is -0.330 e. The van der Waals surface area contributed by atoms with Gasteiger partial charge in [-0.15, -0.1) is 0 Å². The Bertz CT molecular complexity index is 540. The molecule has 17 heavy (non-hydrogen) atoms. The molecule has 0 aliphatic rings. The highest BCUT2D eigenvalue weighted by Gasteiger charge is 2.09. The van der Waals surface area contributed by atoms with Gasteiger partial charge in [0.1, 0.15) is 0 Å². The summed E-state index contributed by atoms with van der Waals surface area (Å²) in [5.74, 6) is 0.394. The summed E-state index contributed by atoms with van der Waals surface area (Å²) in [6.45, 7) is 2.75. The first kappa shape index (κ1) is 12.6. The van der Waals surface area contributed by atoms with Crippen molar-refractivity contribution in [1.82, 2.24) is 4.98 Å². The van der Waals surface area contributed by atoms with Crippen LogP contribution in [0.1, 0.15) is 12.6 Å². The molecule has 2 aromatic rings. The molecular formula is C13H14Cl2N2. The molecule has 0 saturated carbocycles. The third-order valence-corrected chi connectivity index (χ3v) is 3.35. The van der Waals surface area contributed by atoms with E-state index in [1.165, 1.54) is 0 Å². The number of nitrogens with zero attached hydrogens (tertiary/aromatic N) is 1. The molecule has 1 aromatic heterocycles. The Morgan fingerprint density at radius 1 is 1.29 bits per heavy atom. The molecule has 0 amide bonds. The van der Waals surface area contributed by atoms with E-state index in [0.29, 0.717) is 22.5 Å². The van der Waals surface area contributed by atoms with Crippen molar-refractivity contribution in [2.24, 2.45) is 11.7 Å². The van der Waals surface area contributed by atoms with E-state index in [1.807, 2.05) is 12.1 Å². The van der Waals surface area contributed by atoms with Crippen LogP contribution in [0.15, 0.2) is 24.4 Å². The van der Waals surface area contributed by atoms with Gasteiger partial charge in [-0.3, -0.25) is 4.98 Å². The van der Waals surface area contributed by atoms with E-state index in [-0.39, 0.29) is 0 Å². The highest BCUT2D eigenvalue weighted by atomic mass is 35.5. The van der Waals surface area contributed by atoms with Crippen LogP contribution in [0.25, 0.3) is 10.8 Å². The summed E-state index contributed by atoms with van der Waals surface area (Å²) < 4.78 is 0.